The lowest BCUT2D eigenvalue weighted by atomic mass is 10.2. The van der Waals surface area contributed by atoms with Crippen LogP contribution in [0.4, 0.5) is 0 Å². The molecular formula is C15H19NO3. The number of carbonyl (C=O) groups is 1. The van der Waals surface area contributed by atoms with Gasteiger partial charge in [-0.1, -0.05) is 18.2 Å². The second-order valence-electron chi connectivity index (χ2n) is 5.52. The average Bonchev–Trinajstić information content (AvgIpc) is 2.67. The van der Waals surface area contributed by atoms with Crippen molar-refractivity contribution < 1.29 is 14.6 Å². The van der Waals surface area contributed by atoms with Gasteiger partial charge in [-0.05, 0) is 26.8 Å². The molecule has 0 aliphatic heterocycles. The SMILES string of the molecule is CC(C)(C)OCCn1cc(C(=O)O)c2ccccc21. The molecule has 0 saturated heterocycles. The van der Waals surface area contributed by atoms with Crippen molar-refractivity contribution in [3.05, 3.63) is 36.0 Å². The summed E-state index contributed by atoms with van der Waals surface area (Å²) in [5.41, 5.74) is 1.09. The number of aromatic carboxylic acids is 1. The molecule has 1 heterocycles. The number of carboxylic acids is 1. The fraction of sp³-hybridized carbons (Fsp3) is 0.400. The molecule has 1 N–H and O–H groups in total. The van der Waals surface area contributed by atoms with Gasteiger partial charge in [0.05, 0.1) is 17.8 Å². The number of rotatable bonds is 4. The molecule has 2 rings (SSSR count). The van der Waals surface area contributed by atoms with Crippen LogP contribution in [-0.2, 0) is 11.3 Å². The lowest BCUT2D eigenvalue weighted by Gasteiger charge is -2.19. The Hall–Kier alpha value is -1.81. The van der Waals surface area contributed by atoms with Crippen molar-refractivity contribution in [1.29, 1.82) is 0 Å². The smallest absolute Gasteiger partial charge is 0.337 e. The van der Waals surface area contributed by atoms with Crippen LogP contribution in [0.2, 0.25) is 0 Å². The number of carboxylic acid groups (broad SMARTS) is 1. The Bertz CT molecular complexity index is 593. The third-order valence-corrected chi connectivity index (χ3v) is 2.89. The van der Waals surface area contributed by atoms with Gasteiger partial charge in [-0.2, -0.15) is 0 Å². The maximum absolute atomic E-state index is 11.2. The Balaban J connectivity index is 2.26. The molecular weight excluding hydrogens is 242 g/mol. The number of aromatic nitrogens is 1. The highest BCUT2D eigenvalue weighted by Crippen LogP contribution is 2.21. The Morgan fingerprint density at radius 2 is 2.00 bits per heavy atom. The summed E-state index contributed by atoms with van der Waals surface area (Å²) in [6.45, 7) is 7.21. The van der Waals surface area contributed by atoms with Crippen molar-refractivity contribution in [2.75, 3.05) is 6.61 Å². The number of ether oxygens (including phenoxy) is 1. The van der Waals surface area contributed by atoms with Gasteiger partial charge in [0.15, 0.2) is 0 Å². The molecule has 19 heavy (non-hydrogen) atoms. The van der Waals surface area contributed by atoms with Crippen LogP contribution in [0.25, 0.3) is 10.9 Å². The first-order valence-corrected chi connectivity index (χ1v) is 6.33. The third kappa shape index (κ3) is 3.15. The number of fused-ring (bicyclic) bond motifs is 1. The molecule has 0 radical (unpaired) electrons. The number of nitrogens with zero attached hydrogens (tertiary/aromatic N) is 1. The van der Waals surface area contributed by atoms with Crippen LogP contribution >= 0.6 is 0 Å². The molecule has 0 spiro atoms. The first kappa shape index (κ1) is 13.6. The first-order chi connectivity index (χ1) is 8.88. The van der Waals surface area contributed by atoms with E-state index in [1.165, 1.54) is 0 Å². The summed E-state index contributed by atoms with van der Waals surface area (Å²) in [5, 5.41) is 9.98. The number of hydrogen-bond acceptors (Lipinski definition) is 2. The van der Waals surface area contributed by atoms with Crippen LogP contribution in [0.1, 0.15) is 31.1 Å². The molecule has 0 aliphatic carbocycles. The minimum atomic E-state index is -0.897. The zero-order valence-electron chi connectivity index (χ0n) is 11.5. The predicted octanol–water partition coefficient (Wildman–Crippen LogP) is 3.15. The van der Waals surface area contributed by atoms with Crippen LogP contribution in [-0.4, -0.2) is 27.9 Å². The fourth-order valence-electron chi connectivity index (χ4n) is 2.05. The van der Waals surface area contributed by atoms with Gasteiger partial charge < -0.3 is 14.4 Å². The van der Waals surface area contributed by atoms with E-state index in [2.05, 4.69) is 0 Å². The zero-order chi connectivity index (χ0) is 14.0. The molecule has 0 bridgehead atoms. The van der Waals surface area contributed by atoms with Gasteiger partial charge in [0, 0.05) is 23.6 Å². The summed E-state index contributed by atoms with van der Waals surface area (Å²) in [7, 11) is 0. The molecule has 4 nitrogen and oxygen atoms in total. The normalized spacial score (nSPS) is 11.9. The van der Waals surface area contributed by atoms with E-state index in [-0.39, 0.29) is 5.60 Å². The van der Waals surface area contributed by atoms with E-state index in [9.17, 15) is 9.90 Å². The fourth-order valence-corrected chi connectivity index (χ4v) is 2.05. The predicted molar refractivity (Wildman–Crippen MR) is 74.6 cm³/mol. The van der Waals surface area contributed by atoms with Crippen LogP contribution in [0.5, 0.6) is 0 Å². The molecule has 1 aromatic carbocycles. The van der Waals surface area contributed by atoms with Crippen LogP contribution in [0, 0.1) is 0 Å². The molecule has 2 aromatic rings. The minimum Gasteiger partial charge on any atom is -0.478 e. The monoisotopic (exact) mass is 261 g/mol. The quantitative estimate of drug-likeness (QED) is 0.919. The van der Waals surface area contributed by atoms with E-state index >= 15 is 0 Å². The number of para-hydroxylation sites is 1. The Morgan fingerprint density at radius 3 is 2.63 bits per heavy atom. The topological polar surface area (TPSA) is 51.5 Å². The summed E-state index contributed by atoms with van der Waals surface area (Å²) in [4.78, 5) is 11.2. The highest BCUT2D eigenvalue weighted by molar-refractivity contribution is 6.03. The lowest BCUT2D eigenvalue weighted by Crippen LogP contribution is -2.21. The van der Waals surface area contributed by atoms with Gasteiger partial charge in [-0.3, -0.25) is 0 Å². The summed E-state index contributed by atoms with van der Waals surface area (Å²) in [6, 6.07) is 7.53. The highest BCUT2D eigenvalue weighted by Gasteiger charge is 2.14. The van der Waals surface area contributed by atoms with Gasteiger partial charge in [-0.25, -0.2) is 4.79 Å². The molecule has 4 heteroatoms. The van der Waals surface area contributed by atoms with Gasteiger partial charge in [-0.15, -0.1) is 0 Å². The molecule has 102 valence electrons. The van der Waals surface area contributed by atoms with Gasteiger partial charge >= 0.3 is 5.97 Å². The van der Waals surface area contributed by atoms with Crippen molar-refractivity contribution >= 4 is 16.9 Å². The Kier molecular flexibility index (Phi) is 3.62. The summed E-state index contributed by atoms with van der Waals surface area (Å²) >= 11 is 0. The van der Waals surface area contributed by atoms with Gasteiger partial charge in [0.2, 0.25) is 0 Å². The van der Waals surface area contributed by atoms with Crippen LogP contribution in [0.3, 0.4) is 0 Å². The summed E-state index contributed by atoms with van der Waals surface area (Å²) in [5.74, 6) is -0.897. The minimum absolute atomic E-state index is 0.182. The van der Waals surface area contributed by atoms with E-state index in [1.54, 1.807) is 6.20 Å². The largest absolute Gasteiger partial charge is 0.478 e. The van der Waals surface area contributed by atoms with Crippen LogP contribution in [0.15, 0.2) is 30.5 Å². The van der Waals surface area contributed by atoms with E-state index < -0.39 is 5.97 Å². The summed E-state index contributed by atoms with van der Waals surface area (Å²) in [6.07, 6.45) is 1.68. The van der Waals surface area contributed by atoms with E-state index in [1.807, 2.05) is 49.6 Å². The Morgan fingerprint density at radius 1 is 1.32 bits per heavy atom. The molecule has 0 saturated carbocycles. The van der Waals surface area contributed by atoms with Crippen molar-refractivity contribution in [2.24, 2.45) is 0 Å². The standard InChI is InChI=1S/C15H19NO3/c1-15(2,3)19-9-8-16-10-12(14(17)18)11-6-4-5-7-13(11)16/h4-7,10H,8-9H2,1-3H3,(H,17,18). The van der Waals surface area contributed by atoms with Gasteiger partial charge in [0.1, 0.15) is 0 Å². The Labute approximate surface area is 112 Å². The molecule has 0 fully saturated rings. The lowest BCUT2D eigenvalue weighted by molar-refractivity contribution is -0.00647. The second-order valence-corrected chi connectivity index (χ2v) is 5.52. The van der Waals surface area contributed by atoms with Crippen molar-refractivity contribution in [3.63, 3.8) is 0 Å². The summed E-state index contributed by atoms with van der Waals surface area (Å²) < 4.78 is 7.62. The van der Waals surface area contributed by atoms with Crippen molar-refractivity contribution in [3.8, 4) is 0 Å². The molecule has 0 amide bonds. The maximum atomic E-state index is 11.2. The van der Waals surface area contributed by atoms with Gasteiger partial charge in [0.25, 0.3) is 0 Å². The van der Waals surface area contributed by atoms with Crippen LogP contribution < -0.4 is 0 Å². The highest BCUT2D eigenvalue weighted by atomic mass is 16.5. The first-order valence-electron chi connectivity index (χ1n) is 6.33. The van der Waals surface area contributed by atoms with E-state index in [0.29, 0.717) is 18.7 Å². The molecule has 0 aliphatic rings. The molecule has 1 aromatic heterocycles. The average molecular weight is 261 g/mol. The number of benzene rings is 1. The van der Waals surface area contributed by atoms with E-state index in [4.69, 9.17) is 4.74 Å². The molecule has 0 atom stereocenters. The molecule has 0 unspecified atom stereocenters. The maximum Gasteiger partial charge on any atom is 0.337 e. The zero-order valence-corrected chi connectivity index (χ0v) is 11.5. The third-order valence-electron chi connectivity index (χ3n) is 2.89. The second kappa shape index (κ2) is 5.05. The van der Waals surface area contributed by atoms with E-state index in [0.717, 1.165) is 10.9 Å². The van der Waals surface area contributed by atoms with Crippen molar-refractivity contribution in [2.45, 2.75) is 32.9 Å². The van der Waals surface area contributed by atoms with Crippen molar-refractivity contribution in [1.82, 2.24) is 4.57 Å². The number of hydrogen-bond donors (Lipinski definition) is 1.